The molecular weight excluding hydrogens is 439 g/mol. The largest absolute Gasteiger partial charge is 0.505 e. The van der Waals surface area contributed by atoms with Crippen LogP contribution in [0.25, 0.3) is 22.2 Å². The highest BCUT2D eigenvalue weighted by Crippen LogP contribution is 2.30. The first kappa shape index (κ1) is 19.1. The topological polar surface area (TPSA) is 45.1 Å². The van der Waals surface area contributed by atoms with E-state index in [-0.39, 0.29) is 5.75 Å². The molecule has 2 N–H and O–H groups in total. The Balaban J connectivity index is 1.56. The van der Waals surface area contributed by atoms with E-state index in [0.717, 1.165) is 39.6 Å². The Morgan fingerprint density at radius 3 is 2.68 bits per heavy atom. The molecule has 0 aliphatic carbocycles. The molecule has 6 heteroatoms. The summed E-state index contributed by atoms with van der Waals surface area (Å²) in [4.78, 5) is 4.68. The molecule has 0 spiro atoms. The van der Waals surface area contributed by atoms with E-state index in [2.05, 4.69) is 38.4 Å². The fraction of sp³-hybridized carbons (Fsp3) is 0.136. The lowest BCUT2D eigenvalue weighted by Gasteiger charge is -2.12. The number of nitrogens with one attached hydrogen (secondary N) is 1. The van der Waals surface area contributed by atoms with Gasteiger partial charge < -0.3 is 10.4 Å². The highest BCUT2D eigenvalue weighted by atomic mass is 79.9. The van der Waals surface area contributed by atoms with E-state index in [1.807, 2.05) is 35.0 Å². The fourth-order valence-electron chi connectivity index (χ4n) is 3.12. The molecule has 0 fully saturated rings. The summed E-state index contributed by atoms with van der Waals surface area (Å²) in [5, 5.41) is 17.9. The minimum absolute atomic E-state index is 0.355. The number of thiophene rings is 1. The van der Waals surface area contributed by atoms with Crippen LogP contribution in [0.15, 0.2) is 63.8 Å². The van der Waals surface area contributed by atoms with Gasteiger partial charge in [0.25, 0.3) is 0 Å². The van der Waals surface area contributed by atoms with Crippen LogP contribution >= 0.6 is 27.3 Å². The van der Waals surface area contributed by atoms with Gasteiger partial charge in [0.2, 0.25) is 0 Å². The maximum atomic E-state index is 13.8. The predicted molar refractivity (Wildman–Crippen MR) is 116 cm³/mol. The van der Waals surface area contributed by atoms with Gasteiger partial charge >= 0.3 is 0 Å². The standard InChI is InChI=1S/C22H18BrFN2OS/c23-18-3-1-14(2-4-18)5-7-25-12-17-9-16-10-21(27)19(24)11-20(16)26-22(17)15-6-8-28-13-15/h1-4,6,8-11,13,25,27H,5,7,12H2. The number of aromatic nitrogens is 1. The summed E-state index contributed by atoms with van der Waals surface area (Å²) in [6.07, 6.45) is 0.925. The molecule has 0 saturated heterocycles. The third kappa shape index (κ3) is 4.24. The molecule has 0 atom stereocenters. The van der Waals surface area contributed by atoms with Gasteiger partial charge in [0, 0.05) is 33.4 Å². The maximum Gasteiger partial charge on any atom is 0.166 e. The summed E-state index contributed by atoms with van der Waals surface area (Å²) < 4.78 is 14.8. The average molecular weight is 457 g/mol. The summed E-state index contributed by atoms with van der Waals surface area (Å²) in [6.45, 7) is 1.47. The van der Waals surface area contributed by atoms with Crippen LogP contribution < -0.4 is 5.32 Å². The molecule has 3 nitrogen and oxygen atoms in total. The Hall–Kier alpha value is -2.28. The first-order valence-corrected chi connectivity index (χ1v) is 10.6. The van der Waals surface area contributed by atoms with Crippen LogP contribution in [0.5, 0.6) is 5.75 Å². The van der Waals surface area contributed by atoms with Crippen molar-refractivity contribution in [2.75, 3.05) is 6.54 Å². The molecule has 28 heavy (non-hydrogen) atoms. The number of hydrogen-bond donors (Lipinski definition) is 2. The summed E-state index contributed by atoms with van der Waals surface area (Å²) in [7, 11) is 0. The highest BCUT2D eigenvalue weighted by molar-refractivity contribution is 9.10. The molecule has 0 radical (unpaired) electrons. The van der Waals surface area contributed by atoms with Crippen LogP contribution in [0, 0.1) is 5.82 Å². The number of phenolic OH excluding ortho intramolecular Hbond substituents is 1. The van der Waals surface area contributed by atoms with Gasteiger partial charge in [-0.05, 0) is 59.8 Å². The molecule has 4 aromatic rings. The number of nitrogens with zero attached hydrogens (tertiary/aromatic N) is 1. The number of hydrogen-bond acceptors (Lipinski definition) is 4. The van der Waals surface area contributed by atoms with Crippen molar-refractivity contribution >= 4 is 38.2 Å². The number of halogens is 2. The molecule has 0 aliphatic rings. The third-order valence-electron chi connectivity index (χ3n) is 4.58. The third-order valence-corrected chi connectivity index (χ3v) is 5.79. The molecular formula is C22H18BrFN2OS. The van der Waals surface area contributed by atoms with E-state index in [1.54, 1.807) is 11.3 Å². The minimum Gasteiger partial charge on any atom is -0.505 e. The fourth-order valence-corrected chi connectivity index (χ4v) is 4.02. The quantitative estimate of drug-likeness (QED) is 0.354. The van der Waals surface area contributed by atoms with Crippen molar-refractivity contribution in [3.63, 3.8) is 0 Å². The normalized spacial score (nSPS) is 11.2. The van der Waals surface area contributed by atoms with Gasteiger partial charge in [-0.3, -0.25) is 0 Å². The van der Waals surface area contributed by atoms with Crippen LogP contribution in [-0.2, 0) is 13.0 Å². The molecule has 0 saturated carbocycles. The van der Waals surface area contributed by atoms with Gasteiger partial charge in [0.15, 0.2) is 11.6 Å². The SMILES string of the molecule is Oc1cc2cc(CNCCc3ccc(Br)cc3)c(-c3ccsc3)nc2cc1F. The number of rotatable bonds is 6. The van der Waals surface area contributed by atoms with Crippen LogP contribution in [0.4, 0.5) is 4.39 Å². The summed E-state index contributed by atoms with van der Waals surface area (Å²) in [5.74, 6) is -1.01. The van der Waals surface area contributed by atoms with Gasteiger partial charge in [-0.15, -0.1) is 0 Å². The number of aromatic hydroxyl groups is 1. The lowest BCUT2D eigenvalue weighted by molar-refractivity contribution is 0.433. The van der Waals surface area contributed by atoms with Crippen molar-refractivity contribution in [3.05, 3.63) is 80.7 Å². The second kappa shape index (κ2) is 8.39. The van der Waals surface area contributed by atoms with Crippen molar-refractivity contribution in [1.82, 2.24) is 10.3 Å². The van der Waals surface area contributed by atoms with Crippen molar-refractivity contribution in [3.8, 4) is 17.0 Å². The van der Waals surface area contributed by atoms with Crippen molar-refractivity contribution in [1.29, 1.82) is 0 Å². The minimum atomic E-state index is -0.656. The summed E-state index contributed by atoms with van der Waals surface area (Å²) >= 11 is 5.05. The number of benzene rings is 2. The van der Waals surface area contributed by atoms with Gasteiger partial charge in [0.05, 0.1) is 11.2 Å². The molecule has 142 valence electrons. The highest BCUT2D eigenvalue weighted by Gasteiger charge is 2.12. The zero-order chi connectivity index (χ0) is 19.5. The zero-order valence-electron chi connectivity index (χ0n) is 15.0. The van der Waals surface area contributed by atoms with E-state index in [4.69, 9.17) is 0 Å². The molecule has 2 aromatic heterocycles. The average Bonchev–Trinajstić information content (AvgIpc) is 3.22. The molecule has 0 bridgehead atoms. The van der Waals surface area contributed by atoms with E-state index >= 15 is 0 Å². The second-order valence-corrected chi connectivity index (χ2v) is 8.25. The maximum absolute atomic E-state index is 13.8. The van der Waals surface area contributed by atoms with E-state index in [0.29, 0.717) is 12.1 Å². The van der Waals surface area contributed by atoms with E-state index < -0.39 is 5.82 Å². The molecule has 0 unspecified atom stereocenters. The second-order valence-electron chi connectivity index (χ2n) is 6.56. The predicted octanol–water partition coefficient (Wildman–Crippen LogP) is 5.90. The van der Waals surface area contributed by atoms with Crippen LogP contribution in [0.3, 0.4) is 0 Å². The Labute approximate surface area is 175 Å². The lowest BCUT2D eigenvalue weighted by Crippen LogP contribution is -2.17. The van der Waals surface area contributed by atoms with Gasteiger partial charge in [0.1, 0.15) is 0 Å². The van der Waals surface area contributed by atoms with Crippen LogP contribution in [0.2, 0.25) is 0 Å². The van der Waals surface area contributed by atoms with E-state index in [1.165, 1.54) is 17.7 Å². The van der Waals surface area contributed by atoms with Crippen molar-refractivity contribution < 1.29 is 9.50 Å². The molecule has 0 aliphatic heterocycles. The lowest BCUT2D eigenvalue weighted by atomic mass is 10.0. The zero-order valence-corrected chi connectivity index (χ0v) is 17.4. The van der Waals surface area contributed by atoms with Crippen molar-refractivity contribution in [2.45, 2.75) is 13.0 Å². The summed E-state index contributed by atoms with van der Waals surface area (Å²) in [6, 6.07) is 15.0. The number of pyridine rings is 1. The Morgan fingerprint density at radius 2 is 1.93 bits per heavy atom. The van der Waals surface area contributed by atoms with Crippen molar-refractivity contribution in [2.24, 2.45) is 0 Å². The Morgan fingerprint density at radius 1 is 1.11 bits per heavy atom. The van der Waals surface area contributed by atoms with E-state index in [9.17, 15) is 9.50 Å². The van der Waals surface area contributed by atoms with Gasteiger partial charge in [-0.1, -0.05) is 28.1 Å². The van der Waals surface area contributed by atoms with Crippen LogP contribution in [-0.4, -0.2) is 16.6 Å². The first-order valence-electron chi connectivity index (χ1n) is 8.90. The molecule has 0 amide bonds. The smallest absolute Gasteiger partial charge is 0.166 e. The van der Waals surface area contributed by atoms with Gasteiger partial charge in [-0.2, -0.15) is 11.3 Å². The Bertz CT molecular complexity index is 1100. The number of fused-ring (bicyclic) bond motifs is 1. The van der Waals surface area contributed by atoms with Crippen LogP contribution in [0.1, 0.15) is 11.1 Å². The molecule has 2 heterocycles. The van der Waals surface area contributed by atoms with Gasteiger partial charge in [-0.25, -0.2) is 9.37 Å². The first-order chi connectivity index (χ1) is 13.6. The molecule has 4 rings (SSSR count). The Kier molecular flexibility index (Phi) is 5.71. The molecule has 2 aromatic carbocycles. The monoisotopic (exact) mass is 456 g/mol. The number of phenols is 1. The summed E-state index contributed by atoms with van der Waals surface area (Å²) in [5.41, 5.74) is 4.69.